The van der Waals surface area contributed by atoms with Crippen molar-refractivity contribution in [3.63, 3.8) is 0 Å². The summed E-state index contributed by atoms with van der Waals surface area (Å²) in [6.45, 7) is 1.85. The second-order valence-electron chi connectivity index (χ2n) is 4.20. The minimum absolute atomic E-state index is 0.146. The Morgan fingerprint density at radius 2 is 2.15 bits per heavy atom. The zero-order valence-electron chi connectivity index (χ0n) is 10.3. The van der Waals surface area contributed by atoms with Crippen molar-refractivity contribution < 1.29 is 4.52 Å². The van der Waals surface area contributed by atoms with Crippen LogP contribution in [0.1, 0.15) is 11.7 Å². The lowest BCUT2D eigenvalue weighted by Crippen LogP contribution is -2.21. The number of benzene rings is 1. The highest BCUT2D eigenvalue weighted by Gasteiger charge is 2.11. The van der Waals surface area contributed by atoms with Crippen molar-refractivity contribution in [2.24, 2.45) is 0 Å². The first-order chi connectivity index (χ1) is 9.54. The van der Waals surface area contributed by atoms with Crippen LogP contribution in [0.25, 0.3) is 10.9 Å². The van der Waals surface area contributed by atoms with Gasteiger partial charge in [-0.3, -0.25) is 9.36 Å². The van der Waals surface area contributed by atoms with Crippen LogP contribution in [0.4, 0.5) is 0 Å². The highest BCUT2D eigenvalue weighted by Crippen LogP contribution is 2.23. The van der Waals surface area contributed by atoms with E-state index in [1.54, 1.807) is 13.0 Å². The van der Waals surface area contributed by atoms with E-state index in [9.17, 15) is 4.79 Å². The number of aryl methyl sites for hydroxylation is 1. The van der Waals surface area contributed by atoms with Gasteiger partial charge >= 0.3 is 0 Å². The molecule has 0 saturated carbocycles. The molecule has 0 atom stereocenters. The Morgan fingerprint density at radius 3 is 2.85 bits per heavy atom. The monoisotopic (exact) mass is 310 g/mol. The third-order valence-electron chi connectivity index (χ3n) is 2.72. The predicted molar refractivity (Wildman–Crippen MR) is 74.2 cm³/mol. The quantitative estimate of drug-likeness (QED) is 0.727. The van der Waals surface area contributed by atoms with Gasteiger partial charge in [0.25, 0.3) is 5.56 Å². The van der Waals surface area contributed by atoms with Crippen LogP contribution >= 0.6 is 23.2 Å². The molecule has 20 heavy (non-hydrogen) atoms. The molecule has 0 bridgehead atoms. The Bertz CT molecular complexity index is 856. The fourth-order valence-corrected chi connectivity index (χ4v) is 2.40. The van der Waals surface area contributed by atoms with Crippen LogP contribution in [-0.4, -0.2) is 19.7 Å². The molecular weight excluding hydrogens is 303 g/mol. The maximum Gasteiger partial charge on any atom is 0.261 e. The normalized spacial score (nSPS) is 11.2. The van der Waals surface area contributed by atoms with Gasteiger partial charge in [-0.15, -0.1) is 0 Å². The zero-order chi connectivity index (χ0) is 14.3. The van der Waals surface area contributed by atoms with Gasteiger partial charge in [-0.1, -0.05) is 28.4 Å². The molecular formula is C12H8Cl2N4O2. The summed E-state index contributed by atoms with van der Waals surface area (Å²) >= 11 is 11.9. The van der Waals surface area contributed by atoms with Gasteiger partial charge in [0.2, 0.25) is 5.89 Å². The van der Waals surface area contributed by atoms with E-state index in [4.69, 9.17) is 27.7 Å². The topological polar surface area (TPSA) is 73.8 Å². The molecule has 0 spiro atoms. The van der Waals surface area contributed by atoms with Crippen molar-refractivity contribution in [1.82, 2.24) is 19.7 Å². The maximum absolute atomic E-state index is 12.4. The average Bonchev–Trinajstić information content (AvgIpc) is 2.79. The molecule has 102 valence electrons. The number of rotatable bonds is 2. The molecule has 8 heteroatoms. The second-order valence-corrected chi connectivity index (χ2v) is 5.04. The van der Waals surface area contributed by atoms with Gasteiger partial charge in [0.15, 0.2) is 5.82 Å². The van der Waals surface area contributed by atoms with Crippen molar-refractivity contribution in [3.05, 3.63) is 50.6 Å². The van der Waals surface area contributed by atoms with E-state index in [1.165, 1.54) is 17.0 Å². The first kappa shape index (κ1) is 13.1. The van der Waals surface area contributed by atoms with Crippen LogP contribution in [0.2, 0.25) is 10.0 Å². The van der Waals surface area contributed by atoms with Gasteiger partial charge in [0.1, 0.15) is 6.54 Å². The van der Waals surface area contributed by atoms with E-state index in [0.29, 0.717) is 32.7 Å². The molecule has 6 nitrogen and oxygen atoms in total. The van der Waals surface area contributed by atoms with Crippen LogP contribution < -0.4 is 5.56 Å². The van der Waals surface area contributed by atoms with Crippen LogP contribution in [0.15, 0.2) is 27.8 Å². The molecule has 0 fully saturated rings. The molecule has 3 rings (SSSR count). The van der Waals surface area contributed by atoms with Crippen molar-refractivity contribution >= 4 is 34.1 Å². The van der Waals surface area contributed by atoms with Crippen LogP contribution in [0.3, 0.4) is 0 Å². The lowest BCUT2D eigenvalue weighted by atomic mass is 10.2. The Hall–Kier alpha value is -1.92. The molecule has 0 aliphatic rings. The molecule has 0 N–H and O–H groups in total. The van der Waals surface area contributed by atoms with E-state index in [1.807, 2.05) is 0 Å². The number of aromatic nitrogens is 4. The lowest BCUT2D eigenvalue weighted by molar-refractivity contribution is 0.366. The van der Waals surface area contributed by atoms with Crippen molar-refractivity contribution in [2.45, 2.75) is 13.5 Å². The predicted octanol–water partition coefficient (Wildman–Crippen LogP) is 2.44. The third-order valence-corrected chi connectivity index (χ3v) is 3.23. The number of hydrogen-bond donors (Lipinski definition) is 0. The maximum atomic E-state index is 12.4. The second kappa shape index (κ2) is 4.88. The summed E-state index contributed by atoms with van der Waals surface area (Å²) in [6.07, 6.45) is 1.39. The Kier molecular flexibility index (Phi) is 3.19. The first-order valence-electron chi connectivity index (χ1n) is 5.68. The summed E-state index contributed by atoms with van der Waals surface area (Å²) in [5.41, 5.74) is 0.147. The molecule has 0 amide bonds. The molecule has 1 aromatic carbocycles. The van der Waals surface area contributed by atoms with Gasteiger partial charge in [0.05, 0.1) is 22.3 Å². The standard InChI is InChI=1S/C12H8Cl2N4O2/c1-6-16-10(20-17-6)4-18-5-15-11-8(12(18)19)2-7(13)3-9(11)14/h2-3,5H,4H2,1H3. The van der Waals surface area contributed by atoms with E-state index < -0.39 is 0 Å². The first-order valence-corrected chi connectivity index (χ1v) is 6.43. The molecule has 2 aromatic heterocycles. The highest BCUT2D eigenvalue weighted by atomic mass is 35.5. The van der Waals surface area contributed by atoms with Crippen molar-refractivity contribution in [2.75, 3.05) is 0 Å². The minimum Gasteiger partial charge on any atom is -0.337 e. The zero-order valence-corrected chi connectivity index (χ0v) is 11.8. The molecule has 0 saturated heterocycles. The molecule has 2 heterocycles. The van der Waals surface area contributed by atoms with E-state index in [0.717, 1.165) is 0 Å². The largest absolute Gasteiger partial charge is 0.337 e. The molecule has 0 radical (unpaired) electrons. The van der Waals surface area contributed by atoms with Crippen molar-refractivity contribution in [3.8, 4) is 0 Å². The minimum atomic E-state index is -0.268. The summed E-state index contributed by atoms with van der Waals surface area (Å²) in [6, 6.07) is 3.08. The smallest absolute Gasteiger partial charge is 0.261 e. The van der Waals surface area contributed by atoms with Crippen LogP contribution in [-0.2, 0) is 6.54 Å². The van der Waals surface area contributed by atoms with Crippen LogP contribution in [0, 0.1) is 6.92 Å². The van der Waals surface area contributed by atoms with E-state index in [2.05, 4.69) is 15.1 Å². The summed E-state index contributed by atoms with van der Waals surface area (Å²) < 4.78 is 6.35. The molecule has 0 aliphatic carbocycles. The average molecular weight is 311 g/mol. The van der Waals surface area contributed by atoms with Gasteiger partial charge in [0, 0.05) is 5.02 Å². The lowest BCUT2D eigenvalue weighted by Gasteiger charge is -2.05. The summed E-state index contributed by atoms with van der Waals surface area (Å²) in [5, 5.41) is 4.74. The number of fused-ring (bicyclic) bond motifs is 1. The fourth-order valence-electron chi connectivity index (χ4n) is 1.86. The van der Waals surface area contributed by atoms with Crippen molar-refractivity contribution in [1.29, 1.82) is 0 Å². The summed E-state index contributed by atoms with van der Waals surface area (Å²) in [7, 11) is 0. The summed E-state index contributed by atoms with van der Waals surface area (Å²) in [5.74, 6) is 0.840. The van der Waals surface area contributed by atoms with E-state index in [-0.39, 0.29) is 12.1 Å². The Balaban J connectivity index is 2.14. The van der Waals surface area contributed by atoms with Crippen LogP contribution in [0.5, 0.6) is 0 Å². The van der Waals surface area contributed by atoms with Gasteiger partial charge < -0.3 is 4.52 Å². The summed E-state index contributed by atoms with van der Waals surface area (Å²) in [4.78, 5) is 20.6. The molecule has 0 unspecified atom stereocenters. The van der Waals surface area contributed by atoms with Gasteiger partial charge in [-0.2, -0.15) is 4.98 Å². The number of hydrogen-bond acceptors (Lipinski definition) is 5. The Labute approximate surface area is 123 Å². The SMILES string of the molecule is Cc1noc(Cn2cnc3c(Cl)cc(Cl)cc3c2=O)n1. The number of nitrogens with zero attached hydrogens (tertiary/aromatic N) is 4. The number of halogens is 2. The molecule has 0 aliphatic heterocycles. The fraction of sp³-hybridized carbons (Fsp3) is 0.167. The third kappa shape index (κ3) is 2.28. The van der Waals surface area contributed by atoms with E-state index >= 15 is 0 Å². The van der Waals surface area contributed by atoms with Gasteiger partial charge in [-0.05, 0) is 19.1 Å². The van der Waals surface area contributed by atoms with Gasteiger partial charge in [-0.25, -0.2) is 4.98 Å². The highest BCUT2D eigenvalue weighted by molar-refractivity contribution is 6.38. The molecule has 3 aromatic rings. The Morgan fingerprint density at radius 1 is 1.35 bits per heavy atom.